The Kier molecular flexibility index (Phi) is 6.65. The minimum atomic E-state index is 0.215. The van der Waals surface area contributed by atoms with Gasteiger partial charge in [-0.2, -0.15) is 16.8 Å². The van der Waals surface area contributed by atoms with E-state index in [4.69, 9.17) is 4.84 Å². The fourth-order valence-electron chi connectivity index (χ4n) is 3.22. The van der Waals surface area contributed by atoms with E-state index in [1.54, 1.807) is 7.11 Å². The minimum Gasteiger partial charge on any atom is -0.341 e. The summed E-state index contributed by atoms with van der Waals surface area (Å²) >= 11 is 2.02. The van der Waals surface area contributed by atoms with Crippen LogP contribution < -0.4 is 0 Å². The predicted molar refractivity (Wildman–Crippen MR) is 83.7 cm³/mol. The number of hydrogen-bond acceptors (Lipinski definition) is 4. The Morgan fingerprint density at radius 1 is 1.20 bits per heavy atom. The van der Waals surface area contributed by atoms with Crippen molar-refractivity contribution in [1.82, 2.24) is 9.96 Å². The highest BCUT2D eigenvalue weighted by Gasteiger charge is 2.30. The molecule has 0 spiro atoms. The Bertz CT molecular complexity index is 306. The van der Waals surface area contributed by atoms with E-state index in [1.165, 1.54) is 19.3 Å². The molecule has 0 aromatic rings. The number of thioether (sulfide) groups is 1. The van der Waals surface area contributed by atoms with E-state index in [2.05, 4.69) is 11.8 Å². The first-order chi connectivity index (χ1) is 9.74. The zero-order valence-electron chi connectivity index (χ0n) is 12.8. The third-order valence-electron chi connectivity index (χ3n) is 4.40. The topological polar surface area (TPSA) is 32.8 Å². The molecule has 2 saturated heterocycles. The molecule has 0 aliphatic carbocycles. The molecule has 0 aromatic carbocycles. The van der Waals surface area contributed by atoms with Gasteiger partial charge in [0, 0.05) is 37.3 Å². The van der Waals surface area contributed by atoms with Gasteiger partial charge in [-0.1, -0.05) is 13.3 Å². The second-order valence-corrected chi connectivity index (χ2v) is 7.32. The number of likely N-dealkylation sites (tertiary alicyclic amines) is 1. The summed E-state index contributed by atoms with van der Waals surface area (Å²) in [4.78, 5) is 20.1. The largest absolute Gasteiger partial charge is 0.341 e. The van der Waals surface area contributed by atoms with Crippen LogP contribution in [0, 0.1) is 5.92 Å². The normalized spacial score (nSPS) is 26.5. The first-order valence-electron chi connectivity index (χ1n) is 7.94. The van der Waals surface area contributed by atoms with Crippen molar-refractivity contribution in [3.8, 4) is 0 Å². The molecular weight excluding hydrogens is 272 g/mol. The lowest BCUT2D eigenvalue weighted by Crippen LogP contribution is -2.44. The summed E-state index contributed by atoms with van der Waals surface area (Å²) < 4.78 is 0. The summed E-state index contributed by atoms with van der Waals surface area (Å²) in [5, 5.41) is 2.60. The summed E-state index contributed by atoms with van der Waals surface area (Å²) in [7, 11) is 1.71. The first-order valence-corrected chi connectivity index (χ1v) is 8.99. The zero-order valence-corrected chi connectivity index (χ0v) is 13.7. The molecule has 1 amide bonds. The Hall–Kier alpha value is -0.260. The maximum absolute atomic E-state index is 12.7. The van der Waals surface area contributed by atoms with Crippen LogP contribution in [-0.2, 0) is 9.63 Å². The monoisotopic (exact) mass is 300 g/mol. The Balaban J connectivity index is 1.87. The van der Waals surface area contributed by atoms with Crippen molar-refractivity contribution in [3.63, 3.8) is 0 Å². The number of amides is 1. The number of carbonyl (C=O) groups is 1. The number of hydrogen-bond donors (Lipinski definition) is 0. The molecule has 2 aliphatic heterocycles. The smallest absolute Gasteiger partial charge is 0.225 e. The van der Waals surface area contributed by atoms with Crippen LogP contribution in [0.1, 0.15) is 39.0 Å². The third-order valence-corrected chi connectivity index (χ3v) is 5.59. The van der Waals surface area contributed by atoms with Gasteiger partial charge in [0.2, 0.25) is 5.91 Å². The number of nitrogens with zero attached hydrogens (tertiary/aromatic N) is 2. The van der Waals surface area contributed by atoms with Crippen molar-refractivity contribution in [3.05, 3.63) is 0 Å². The van der Waals surface area contributed by atoms with Crippen molar-refractivity contribution < 1.29 is 9.63 Å². The number of piperidine rings is 1. The van der Waals surface area contributed by atoms with Gasteiger partial charge in [0.1, 0.15) is 0 Å². The Labute approximate surface area is 127 Å². The maximum Gasteiger partial charge on any atom is 0.225 e. The zero-order chi connectivity index (χ0) is 14.4. The van der Waals surface area contributed by atoms with Crippen LogP contribution in [-0.4, -0.2) is 60.2 Å². The van der Waals surface area contributed by atoms with Crippen molar-refractivity contribution >= 4 is 17.7 Å². The first kappa shape index (κ1) is 16.1. The van der Waals surface area contributed by atoms with E-state index in [0.29, 0.717) is 11.2 Å². The van der Waals surface area contributed by atoms with Crippen LogP contribution in [0.25, 0.3) is 0 Å². The molecule has 2 heterocycles. The molecule has 2 fully saturated rings. The molecule has 2 rings (SSSR count). The van der Waals surface area contributed by atoms with E-state index in [9.17, 15) is 4.79 Å². The van der Waals surface area contributed by atoms with Gasteiger partial charge < -0.3 is 9.74 Å². The van der Waals surface area contributed by atoms with Gasteiger partial charge in [0.25, 0.3) is 0 Å². The highest BCUT2D eigenvalue weighted by Crippen LogP contribution is 2.25. The Morgan fingerprint density at radius 3 is 2.60 bits per heavy atom. The quantitative estimate of drug-likeness (QED) is 0.798. The molecule has 1 unspecified atom stereocenters. The van der Waals surface area contributed by atoms with Crippen LogP contribution in [0.5, 0.6) is 0 Å². The lowest BCUT2D eigenvalue weighted by atomic mass is 9.96. The van der Waals surface area contributed by atoms with Crippen LogP contribution in [0.15, 0.2) is 0 Å². The van der Waals surface area contributed by atoms with E-state index < -0.39 is 0 Å². The van der Waals surface area contributed by atoms with Gasteiger partial charge in [0.15, 0.2) is 0 Å². The second kappa shape index (κ2) is 8.25. The average Bonchev–Trinajstić information content (AvgIpc) is 2.73. The molecule has 2 aliphatic rings. The number of carbonyl (C=O) groups excluding carboxylic acids is 1. The lowest BCUT2D eigenvalue weighted by molar-refractivity contribution is -0.158. The number of rotatable bonds is 4. The van der Waals surface area contributed by atoms with Gasteiger partial charge in [-0.3, -0.25) is 4.79 Å². The van der Waals surface area contributed by atoms with Gasteiger partial charge in [0.05, 0.1) is 7.11 Å². The van der Waals surface area contributed by atoms with Gasteiger partial charge in [-0.25, -0.2) is 0 Å². The molecule has 4 nitrogen and oxygen atoms in total. The van der Waals surface area contributed by atoms with E-state index in [0.717, 1.165) is 44.8 Å². The second-order valence-electron chi connectivity index (χ2n) is 5.74. The standard InChI is InChI=1S/C15H28N2O2S/c1-3-20-14-6-4-5-9-16(12-14)15(18)13-7-10-17(19-2)11-8-13/h13-14H,3-12H2,1-2H3. The highest BCUT2D eigenvalue weighted by atomic mass is 32.2. The summed E-state index contributed by atoms with van der Waals surface area (Å²) in [5.74, 6) is 1.76. The van der Waals surface area contributed by atoms with E-state index in [1.807, 2.05) is 16.8 Å². The van der Waals surface area contributed by atoms with Crippen molar-refractivity contribution in [2.24, 2.45) is 5.92 Å². The molecule has 1 atom stereocenters. The summed E-state index contributed by atoms with van der Waals surface area (Å²) in [5.41, 5.74) is 0. The summed E-state index contributed by atoms with van der Waals surface area (Å²) in [6, 6.07) is 0. The lowest BCUT2D eigenvalue weighted by Gasteiger charge is -2.33. The van der Waals surface area contributed by atoms with Gasteiger partial charge >= 0.3 is 0 Å². The molecule has 0 saturated carbocycles. The van der Waals surface area contributed by atoms with E-state index in [-0.39, 0.29) is 5.92 Å². The van der Waals surface area contributed by atoms with Gasteiger partial charge in [-0.05, 0) is 31.4 Å². The summed E-state index contributed by atoms with van der Waals surface area (Å²) in [6.07, 6.45) is 5.58. The highest BCUT2D eigenvalue weighted by molar-refractivity contribution is 7.99. The average molecular weight is 300 g/mol. The minimum absolute atomic E-state index is 0.215. The van der Waals surface area contributed by atoms with Crippen LogP contribution in [0.2, 0.25) is 0 Å². The Morgan fingerprint density at radius 2 is 1.95 bits per heavy atom. The van der Waals surface area contributed by atoms with Crippen molar-refractivity contribution in [1.29, 1.82) is 0 Å². The maximum atomic E-state index is 12.7. The van der Waals surface area contributed by atoms with Gasteiger partial charge in [-0.15, -0.1) is 0 Å². The molecule has 0 aromatic heterocycles. The van der Waals surface area contributed by atoms with Crippen molar-refractivity contribution in [2.75, 3.05) is 39.0 Å². The molecule has 20 heavy (non-hydrogen) atoms. The molecule has 0 bridgehead atoms. The fraction of sp³-hybridized carbons (Fsp3) is 0.933. The third kappa shape index (κ3) is 4.37. The van der Waals surface area contributed by atoms with E-state index >= 15 is 0 Å². The predicted octanol–water partition coefficient (Wildman–Crippen LogP) is 2.39. The fourth-order valence-corrected chi connectivity index (χ4v) is 4.31. The van der Waals surface area contributed by atoms with Crippen LogP contribution in [0.3, 0.4) is 0 Å². The van der Waals surface area contributed by atoms with Crippen LogP contribution >= 0.6 is 11.8 Å². The number of hydroxylamine groups is 2. The molecule has 116 valence electrons. The molecule has 0 radical (unpaired) electrons. The molecule has 0 N–H and O–H groups in total. The van der Waals surface area contributed by atoms with Crippen molar-refractivity contribution in [2.45, 2.75) is 44.3 Å². The molecular formula is C15H28N2O2S. The summed E-state index contributed by atoms with van der Waals surface area (Å²) in [6.45, 7) is 5.90. The molecule has 5 heteroatoms. The van der Waals surface area contributed by atoms with Crippen LogP contribution in [0.4, 0.5) is 0 Å². The SMILES string of the molecule is CCSC1CCCCN(C(=O)C2CCN(OC)CC2)C1.